The van der Waals surface area contributed by atoms with E-state index in [0.717, 1.165) is 4.68 Å². The predicted molar refractivity (Wildman–Crippen MR) is 81.7 cm³/mol. The van der Waals surface area contributed by atoms with Crippen molar-refractivity contribution in [2.45, 2.75) is 6.43 Å². The molecular formula is C14H10F3N5OS. The first-order valence-corrected chi connectivity index (χ1v) is 7.52. The van der Waals surface area contributed by atoms with E-state index in [1.807, 2.05) is 0 Å². The quantitative estimate of drug-likeness (QED) is 0.691. The lowest BCUT2D eigenvalue weighted by Crippen LogP contribution is -2.29. The number of amides is 1. The summed E-state index contributed by atoms with van der Waals surface area (Å²) < 4.78 is 40.2. The average Bonchev–Trinajstić information content (AvgIpc) is 3.23. The Morgan fingerprint density at radius 3 is 2.62 bits per heavy atom. The lowest BCUT2D eigenvalue weighted by atomic mass is 10.2. The van der Waals surface area contributed by atoms with Gasteiger partial charge in [-0.15, -0.1) is 11.3 Å². The number of carbonyl (C=O) groups excluding carboxylic acids is 1. The standard InChI is InChI=1S/C14H10F3N5OS/c15-8-1-3-9(4-2-8)19-20-13(23)10-7-22(14-18-5-6-24-14)21-11(10)12(16)17/h1-7,12,19H,(H,20,23). The minimum atomic E-state index is -2.92. The molecule has 1 aromatic carbocycles. The molecule has 0 atom stereocenters. The number of nitrogens with one attached hydrogen (secondary N) is 2. The Hall–Kier alpha value is -2.88. The van der Waals surface area contributed by atoms with Crippen molar-refractivity contribution in [3.63, 3.8) is 0 Å². The monoisotopic (exact) mass is 353 g/mol. The van der Waals surface area contributed by atoms with E-state index in [2.05, 4.69) is 20.9 Å². The molecule has 6 nitrogen and oxygen atoms in total. The van der Waals surface area contributed by atoms with E-state index < -0.39 is 23.8 Å². The molecule has 10 heteroatoms. The van der Waals surface area contributed by atoms with Gasteiger partial charge in [-0.3, -0.25) is 15.6 Å². The van der Waals surface area contributed by atoms with Gasteiger partial charge in [-0.1, -0.05) is 0 Å². The number of anilines is 1. The van der Waals surface area contributed by atoms with Gasteiger partial charge in [0.1, 0.15) is 11.5 Å². The Kier molecular flexibility index (Phi) is 4.47. The molecule has 0 aliphatic carbocycles. The Balaban J connectivity index is 1.79. The predicted octanol–water partition coefficient (Wildman–Crippen LogP) is 3.16. The summed E-state index contributed by atoms with van der Waals surface area (Å²) in [6.45, 7) is 0. The number of thiazole rings is 1. The van der Waals surface area contributed by atoms with Crippen LogP contribution < -0.4 is 10.9 Å². The van der Waals surface area contributed by atoms with E-state index in [9.17, 15) is 18.0 Å². The highest BCUT2D eigenvalue weighted by Crippen LogP contribution is 2.23. The third kappa shape index (κ3) is 3.38. The van der Waals surface area contributed by atoms with Crippen molar-refractivity contribution >= 4 is 22.9 Å². The van der Waals surface area contributed by atoms with Gasteiger partial charge in [-0.25, -0.2) is 22.8 Å². The summed E-state index contributed by atoms with van der Waals surface area (Å²) in [6, 6.07) is 5.17. The number of alkyl halides is 2. The van der Waals surface area contributed by atoms with Gasteiger partial charge in [0.15, 0.2) is 0 Å². The molecule has 0 unspecified atom stereocenters. The van der Waals surface area contributed by atoms with Crippen LogP contribution in [0.5, 0.6) is 0 Å². The summed E-state index contributed by atoms with van der Waals surface area (Å²) in [5.41, 5.74) is 4.26. The molecule has 2 N–H and O–H groups in total. The van der Waals surface area contributed by atoms with E-state index in [4.69, 9.17) is 0 Å². The number of carbonyl (C=O) groups is 1. The molecule has 3 rings (SSSR count). The number of aromatic nitrogens is 3. The van der Waals surface area contributed by atoms with E-state index in [1.165, 1.54) is 48.0 Å². The molecule has 0 spiro atoms. The zero-order valence-electron chi connectivity index (χ0n) is 11.9. The second-order valence-electron chi connectivity index (χ2n) is 4.57. The number of hydrogen-bond donors (Lipinski definition) is 2. The second-order valence-corrected chi connectivity index (χ2v) is 5.45. The van der Waals surface area contributed by atoms with Crippen LogP contribution in [0, 0.1) is 5.82 Å². The van der Waals surface area contributed by atoms with Gasteiger partial charge in [-0.05, 0) is 24.3 Å². The van der Waals surface area contributed by atoms with Gasteiger partial charge < -0.3 is 0 Å². The average molecular weight is 353 g/mol. The first-order valence-electron chi connectivity index (χ1n) is 6.64. The molecule has 0 radical (unpaired) electrons. The van der Waals surface area contributed by atoms with E-state index in [-0.39, 0.29) is 5.56 Å². The fraction of sp³-hybridized carbons (Fsp3) is 0.0714. The van der Waals surface area contributed by atoms with Gasteiger partial charge in [0.05, 0.1) is 11.3 Å². The topological polar surface area (TPSA) is 71.8 Å². The normalized spacial score (nSPS) is 10.8. The number of halogens is 3. The zero-order chi connectivity index (χ0) is 17.1. The van der Waals surface area contributed by atoms with E-state index in [0.29, 0.717) is 10.8 Å². The molecule has 0 aliphatic rings. The maximum atomic E-state index is 13.1. The van der Waals surface area contributed by atoms with Crippen LogP contribution in [0.1, 0.15) is 22.5 Å². The van der Waals surface area contributed by atoms with Gasteiger partial charge in [0.2, 0.25) is 5.13 Å². The smallest absolute Gasteiger partial charge is 0.282 e. The van der Waals surface area contributed by atoms with E-state index >= 15 is 0 Å². The van der Waals surface area contributed by atoms with Crippen molar-refractivity contribution < 1.29 is 18.0 Å². The number of rotatable bonds is 5. The zero-order valence-corrected chi connectivity index (χ0v) is 12.7. The lowest BCUT2D eigenvalue weighted by Gasteiger charge is -2.08. The molecule has 1 amide bonds. The van der Waals surface area contributed by atoms with Gasteiger partial charge in [0.25, 0.3) is 12.3 Å². The summed E-state index contributed by atoms with van der Waals surface area (Å²) in [7, 11) is 0. The highest BCUT2D eigenvalue weighted by atomic mass is 32.1. The maximum absolute atomic E-state index is 13.1. The molecular weight excluding hydrogens is 343 g/mol. The van der Waals surface area contributed by atoms with E-state index in [1.54, 1.807) is 5.38 Å². The molecule has 124 valence electrons. The van der Waals surface area contributed by atoms with Crippen LogP contribution in [0.3, 0.4) is 0 Å². The molecule has 0 saturated heterocycles. The molecule has 2 heterocycles. The first-order chi connectivity index (χ1) is 11.5. The van der Waals surface area contributed by atoms with Crippen LogP contribution in [0.25, 0.3) is 5.13 Å². The summed E-state index contributed by atoms with van der Waals surface area (Å²) in [6.07, 6.45) is -0.237. The Bertz CT molecular complexity index is 833. The lowest BCUT2D eigenvalue weighted by molar-refractivity contribution is 0.0948. The van der Waals surface area contributed by atoms with Crippen LogP contribution in [0.2, 0.25) is 0 Å². The fourth-order valence-corrected chi connectivity index (χ4v) is 2.45. The minimum absolute atomic E-state index is 0.283. The SMILES string of the molecule is O=C(NNc1ccc(F)cc1)c1cn(-c2nccs2)nc1C(F)F. The van der Waals surface area contributed by atoms with Crippen molar-refractivity contribution in [1.29, 1.82) is 0 Å². The summed E-state index contributed by atoms with van der Waals surface area (Å²) in [5, 5.41) is 5.74. The second kappa shape index (κ2) is 6.71. The third-order valence-corrected chi connectivity index (χ3v) is 3.74. The summed E-state index contributed by atoms with van der Waals surface area (Å²) >= 11 is 1.19. The third-order valence-electron chi connectivity index (χ3n) is 2.97. The number of benzene rings is 1. The van der Waals surface area contributed by atoms with Crippen molar-refractivity contribution in [3.8, 4) is 5.13 Å². The van der Waals surface area contributed by atoms with Crippen LogP contribution in [-0.4, -0.2) is 20.7 Å². The molecule has 3 aromatic rings. The molecule has 0 aliphatic heterocycles. The van der Waals surface area contributed by atoms with Crippen LogP contribution >= 0.6 is 11.3 Å². The van der Waals surface area contributed by atoms with Crippen LogP contribution in [0.15, 0.2) is 42.0 Å². The van der Waals surface area contributed by atoms with Crippen molar-refractivity contribution in [2.24, 2.45) is 0 Å². The Morgan fingerprint density at radius 1 is 1.25 bits per heavy atom. The highest BCUT2D eigenvalue weighted by Gasteiger charge is 2.24. The highest BCUT2D eigenvalue weighted by molar-refractivity contribution is 7.12. The van der Waals surface area contributed by atoms with Crippen molar-refractivity contribution in [2.75, 3.05) is 5.43 Å². The fourth-order valence-electron chi connectivity index (χ4n) is 1.88. The summed E-state index contributed by atoms with van der Waals surface area (Å²) in [4.78, 5) is 16.1. The molecule has 2 aromatic heterocycles. The minimum Gasteiger partial charge on any atom is -0.298 e. The number of hydrazine groups is 1. The molecule has 0 bridgehead atoms. The first kappa shape index (κ1) is 16.0. The van der Waals surface area contributed by atoms with Gasteiger partial charge >= 0.3 is 0 Å². The summed E-state index contributed by atoms with van der Waals surface area (Å²) in [5.74, 6) is -1.23. The molecule has 24 heavy (non-hydrogen) atoms. The van der Waals surface area contributed by atoms with Gasteiger partial charge in [-0.2, -0.15) is 5.10 Å². The number of hydrogen-bond acceptors (Lipinski definition) is 5. The van der Waals surface area contributed by atoms with Crippen LogP contribution in [-0.2, 0) is 0 Å². The largest absolute Gasteiger partial charge is 0.298 e. The Morgan fingerprint density at radius 2 is 2.00 bits per heavy atom. The number of nitrogens with zero attached hydrogens (tertiary/aromatic N) is 3. The Labute approximate surface area is 137 Å². The van der Waals surface area contributed by atoms with Crippen molar-refractivity contribution in [3.05, 3.63) is 59.1 Å². The molecule has 0 saturated carbocycles. The maximum Gasteiger partial charge on any atom is 0.282 e. The van der Waals surface area contributed by atoms with Crippen molar-refractivity contribution in [1.82, 2.24) is 20.2 Å². The molecule has 0 fully saturated rings. The van der Waals surface area contributed by atoms with Gasteiger partial charge in [0, 0.05) is 17.8 Å². The van der Waals surface area contributed by atoms with Crippen LogP contribution in [0.4, 0.5) is 18.9 Å².